The summed E-state index contributed by atoms with van der Waals surface area (Å²) < 4.78 is 13.2. The van der Waals surface area contributed by atoms with Crippen molar-refractivity contribution in [3.05, 3.63) is 79.9 Å². The number of thiophene rings is 1. The second-order valence-corrected chi connectivity index (χ2v) is 11.6. The zero-order valence-corrected chi connectivity index (χ0v) is 22.6. The number of hydrogen-bond donors (Lipinski definition) is 0. The van der Waals surface area contributed by atoms with Crippen LogP contribution in [0, 0.1) is 0 Å². The van der Waals surface area contributed by atoms with Crippen molar-refractivity contribution < 1.29 is 14.3 Å². The molecule has 0 spiro atoms. The fraction of sp³-hybridized carbons (Fsp3) is 0.296. The number of thioether (sulfide) groups is 1. The Balaban J connectivity index is 1.59. The molecule has 9 heteroatoms. The number of Topliss-reactive ketones (excluding diaryl/α,β-unsaturated/α-hetero) is 1. The maximum absolute atomic E-state index is 14.0. The van der Waals surface area contributed by atoms with E-state index in [0.29, 0.717) is 51.3 Å². The molecule has 0 saturated heterocycles. The van der Waals surface area contributed by atoms with Crippen LogP contribution in [0.4, 0.5) is 0 Å². The molecule has 5 rings (SSSR count). The van der Waals surface area contributed by atoms with Crippen LogP contribution in [-0.2, 0) is 17.8 Å². The van der Waals surface area contributed by atoms with Crippen molar-refractivity contribution in [2.45, 2.75) is 44.6 Å². The molecule has 0 unspecified atom stereocenters. The molecule has 0 fully saturated rings. The van der Waals surface area contributed by atoms with Gasteiger partial charge in [0.1, 0.15) is 10.6 Å². The van der Waals surface area contributed by atoms with E-state index in [-0.39, 0.29) is 22.7 Å². The van der Waals surface area contributed by atoms with Crippen molar-refractivity contribution in [3.63, 3.8) is 0 Å². The van der Waals surface area contributed by atoms with Crippen molar-refractivity contribution in [2.75, 3.05) is 12.4 Å². The Morgan fingerprint density at radius 1 is 1.19 bits per heavy atom. The topological polar surface area (TPSA) is 70.4 Å². The molecule has 0 atom stereocenters. The predicted molar refractivity (Wildman–Crippen MR) is 145 cm³/mol. The van der Waals surface area contributed by atoms with Gasteiger partial charge in [-0.1, -0.05) is 23.4 Å². The molecule has 0 radical (unpaired) electrons. The molecule has 186 valence electrons. The maximum Gasteiger partial charge on any atom is 0.267 e. The Hall–Kier alpha value is -2.65. The highest BCUT2D eigenvalue weighted by atomic mass is 35.5. The summed E-state index contributed by atoms with van der Waals surface area (Å²) in [5.41, 5.74) is 1.76. The monoisotopic (exact) mass is 540 g/mol. The average molecular weight is 541 g/mol. The van der Waals surface area contributed by atoms with Crippen molar-refractivity contribution in [2.24, 2.45) is 0 Å². The molecule has 4 aromatic rings. The van der Waals surface area contributed by atoms with E-state index in [1.807, 2.05) is 45.0 Å². The van der Waals surface area contributed by atoms with Crippen LogP contribution in [0.2, 0.25) is 5.02 Å². The minimum Gasteiger partial charge on any atom is -0.494 e. The molecule has 0 bridgehead atoms. The molecule has 2 aromatic carbocycles. The molecule has 6 nitrogen and oxygen atoms in total. The van der Waals surface area contributed by atoms with Crippen LogP contribution in [0.1, 0.15) is 41.6 Å². The van der Waals surface area contributed by atoms with Gasteiger partial charge in [-0.3, -0.25) is 14.2 Å². The Labute approximate surface area is 222 Å². The van der Waals surface area contributed by atoms with E-state index >= 15 is 0 Å². The first kappa shape index (κ1) is 25.0. The number of benzene rings is 2. The highest BCUT2D eigenvalue weighted by Crippen LogP contribution is 2.38. The molecule has 0 saturated carbocycles. The number of ketones is 1. The van der Waals surface area contributed by atoms with Crippen LogP contribution >= 0.6 is 34.7 Å². The molecule has 0 aliphatic carbocycles. The summed E-state index contributed by atoms with van der Waals surface area (Å²) in [5, 5.41) is 1.68. The number of fused-ring (bicyclic) bond motifs is 3. The minimum absolute atomic E-state index is 0.0649. The first-order valence-corrected chi connectivity index (χ1v) is 13.8. The van der Waals surface area contributed by atoms with Crippen LogP contribution in [-0.4, -0.2) is 33.3 Å². The smallest absolute Gasteiger partial charge is 0.267 e. The van der Waals surface area contributed by atoms with E-state index in [9.17, 15) is 9.59 Å². The highest BCUT2D eigenvalue weighted by molar-refractivity contribution is 7.99. The summed E-state index contributed by atoms with van der Waals surface area (Å²) >= 11 is 8.70. The third-order valence-corrected chi connectivity index (χ3v) is 8.27. The third kappa shape index (κ3) is 4.95. The van der Waals surface area contributed by atoms with Gasteiger partial charge in [-0.15, -0.1) is 11.3 Å². The van der Waals surface area contributed by atoms with E-state index in [4.69, 9.17) is 26.1 Å². The van der Waals surface area contributed by atoms with Gasteiger partial charge in [0.2, 0.25) is 0 Å². The van der Waals surface area contributed by atoms with E-state index in [1.165, 1.54) is 23.1 Å². The van der Waals surface area contributed by atoms with Gasteiger partial charge in [0.15, 0.2) is 10.9 Å². The number of hydrogen-bond acceptors (Lipinski definition) is 7. The number of ether oxygens (including phenoxy) is 2. The summed E-state index contributed by atoms with van der Waals surface area (Å²) in [5.74, 6) is 0.796. The maximum atomic E-state index is 14.0. The molecule has 0 N–H and O–H groups in total. The highest BCUT2D eigenvalue weighted by Gasteiger charge is 2.31. The molecule has 0 amide bonds. The zero-order chi connectivity index (χ0) is 25.4. The van der Waals surface area contributed by atoms with Crippen molar-refractivity contribution in [1.82, 2.24) is 9.55 Å². The Morgan fingerprint density at radius 2 is 1.92 bits per heavy atom. The summed E-state index contributed by atoms with van der Waals surface area (Å²) in [7, 11) is 0. The second-order valence-electron chi connectivity index (χ2n) is 9.09. The summed E-state index contributed by atoms with van der Waals surface area (Å²) in [4.78, 5) is 33.5. The van der Waals surface area contributed by atoms with Gasteiger partial charge in [0, 0.05) is 21.9 Å². The number of aromatic nitrogens is 2. The molecule has 36 heavy (non-hydrogen) atoms. The molecule has 3 heterocycles. The number of carbonyl (C=O) groups is 1. The van der Waals surface area contributed by atoms with Gasteiger partial charge in [-0.05, 0) is 74.9 Å². The van der Waals surface area contributed by atoms with Gasteiger partial charge in [0.05, 0.1) is 35.6 Å². The Morgan fingerprint density at radius 3 is 2.61 bits per heavy atom. The fourth-order valence-corrected chi connectivity index (χ4v) is 6.38. The van der Waals surface area contributed by atoms with Crippen molar-refractivity contribution in [1.29, 1.82) is 0 Å². The largest absolute Gasteiger partial charge is 0.494 e. The van der Waals surface area contributed by atoms with Crippen molar-refractivity contribution >= 4 is 50.7 Å². The van der Waals surface area contributed by atoms with Crippen LogP contribution in [0.25, 0.3) is 15.9 Å². The standard InChI is InChI=1S/C27H25ClN2O4S2/c1-4-33-19-11-9-18(10-12-19)30-25(32)23-20-13-27(2,3)34-14-22(20)36-24(23)29-26(30)35-15-21(31)16-5-7-17(28)8-6-16/h5-12H,4,13-15H2,1-3H3. The quantitative estimate of drug-likeness (QED) is 0.155. The number of rotatable bonds is 7. The van der Waals surface area contributed by atoms with Crippen LogP contribution in [0.15, 0.2) is 58.5 Å². The predicted octanol–water partition coefficient (Wildman–Crippen LogP) is 6.33. The number of halogens is 1. The van der Waals surface area contributed by atoms with Crippen molar-refractivity contribution in [3.8, 4) is 11.4 Å². The molecular weight excluding hydrogens is 516 g/mol. The van der Waals surface area contributed by atoms with E-state index in [1.54, 1.807) is 28.8 Å². The van der Waals surface area contributed by atoms with E-state index < -0.39 is 0 Å². The average Bonchev–Trinajstić information content (AvgIpc) is 3.20. The molecule has 1 aliphatic rings. The normalized spacial score (nSPS) is 14.6. The lowest BCUT2D eigenvalue weighted by molar-refractivity contribution is -0.0379. The molecule has 2 aromatic heterocycles. The SMILES string of the molecule is CCOc1ccc(-n2c(SCC(=O)c3ccc(Cl)cc3)nc3sc4c(c3c2=O)CC(C)(C)OC4)cc1. The van der Waals surface area contributed by atoms with E-state index in [0.717, 1.165) is 16.2 Å². The molecular formula is C27H25ClN2O4S2. The van der Waals surface area contributed by atoms with Gasteiger partial charge in [-0.25, -0.2) is 4.98 Å². The minimum atomic E-state index is -0.351. The third-order valence-electron chi connectivity index (χ3n) is 5.98. The number of nitrogens with zero attached hydrogens (tertiary/aromatic N) is 2. The lowest BCUT2D eigenvalue weighted by Crippen LogP contribution is -2.32. The lowest BCUT2D eigenvalue weighted by atomic mass is 9.94. The fourth-order valence-electron chi connectivity index (χ4n) is 4.21. The Kier molecular flexibility index (Phi) is 6.96. The van der Waals surface area contributed by atoms with Gasteiger partial charge < -0.3 is 9.47 Å². The molecule has 1 aliphatic heterocycles. The lowest BCUT2D eigenvalue weighted by Gasteiger charge is -2.29. The Bertz CT molecular complexity index is 1490. The second kappa shape index (κ2) is 10.0. The zero-order valence-electron chi connectivity index (χ0n) is 20.2. The summed E-state index contributed by atoms with van der Waals surface area (Å²) in [6.45, 7) is 7.01. The van der Waals surface area contributed by atoms with Crippen LogP contribution < -0.4 is 10.3 Å². The van der Waals surface area contributed by atoms with Gasteiger partial charge in [0.25, 0.3) is 5.56 Å². The van der Waals surface area contributed by atoms with E-state index in [2.05, 4.69) is 0 Å². The first-order valence-electron chi connectivity index (χ1n) is 11.6. The van der Waals surface area contributed by atoms with Crippen LogP contribution in [0.5, 0.6) is 5.75 Å². The van der Waals surface area contributed by atoms with Gasteiger partial charge >= 0.3 is 0 Å². The van der Waals surface area contributed by atoms with Gasteiger partial charge in [-0.2, -0.15) is 0 Å². The number of carbonyl (C=O) groups excluding carboxylic acids is 1. The first-order chi connectivity index (χ1) is 17.3. The van der Waals surface area contributed by atoms with Crippen LogP contribution in [0.3, 0.4) is 0 Å². The summed E-state index contributed by atoms with van der Waals surface area (Å²) in [6, 6.07) is 14.2. The summed E-state index contributed by atoms with van der Waals surface area (Å²) in [6.07, 6.45) is 0.643.